The van der Waals surface area contributed by atoms with Crippen LogP contribution >= 0.6 is 23.1 Å². The van der Waals surface area contributed by atoms with Crippen LogP contribution in [-0.2, 0) is 44.6 Å². The molecular weight excluding hydrogens is 1060 g/mol. The van der Waals surface area contributed by atoms with Crippen LogP contribution in [0.5, 0.6) is 0 Å². The summed E-state index contributed by atoms with van der Waals surface area (Å²) in [5.41, 5.74) is 3.78. The maximum atomic E-state index is 15.4. The highest BCUT2D eigenvalue weighted by molar-refractivity contribution is 8.00. The summed E-state index contributed by atoms with van der Waals surface area (Å²) in [6.07, 6.45) is 6.92. The number of carbonyl (C=O) groups excluding carboxylic acids is 4. The first-order valence-corrected chi connectivity index (χ1v) is 28.6. The van der Waals surface area contributed by atoms with Crippen LogP contribution in [0, 0.1) is 0 Å². The Bertz CT molecular complexity index is 3330. The molecule has 2 aliphatic heterocycles. The van der Waals surface area contributed by atoms with Crippen LogP contribution in [0.1, 0.15) is 77.7 Å². The number of anilines is 1. The van der Waals surface area contributed by atoms with Gasteiger partial charge in [0.15, 0.2) is 10.8 Å². The number of aromatic nitrogens is 2. The smallest absolute Gasteiger partial charge is 0.434 e. The van der Waals surface area contributed by atoms with Gasteiger partial charge in [-0.25, -0.2) is 14.6 Å². The quantitative estimate of drug-likeness (QED) is 0.0125. The number of nitrogens with zero attached hydrogens (tertiary/aromatic N) is 4. The number of allylic oxidation sites excluding steroid dienone is 1. The number of thioether (sulfide) groups is 1. The van der Waals surface area contributed by atoms with Crippen molar-refractivity contribution in [2.24, 2.45) is 5.16 Å². The summed E-state index contributed by atoms with van der Waals surface area (Å²) < 4.78 is 16.1. The maximum absolute atomic E-state index is 15.4. The molecule has 6 aromatic carbocycles. The molecule has 408 valence electrons. The van der Waals surface area contributed by atoms with E-state index in [0.29, 0.717) is 17.1 Å². The van der Waals surface area contributed by atoms with Gasteiger partial charge in [0.25, 0.3) is 11.8 Å². The first-order valence-electron chi connectivity index (χ1n) is 26.6. The average molecular weight is 1120 g/mol. The minimum Gasteiger partial charge on any atom is -0.434 e. The van der Waals surface area contributed by atoms with Crippen molar-refractivity contribution in [2.75, 3.05) is 17.7 Å². The van der Waals surface area contributed by atoms with Crippen LogP contribution in [0.25, 0.3) is 6.08 Å². The van der Waals surface area contributed by atoms with Crippen molar-refractivity contribution < 1.29 is 38.2 Å². The number of amides is 2. The van der Waals surface area contributed by atoms with E-state index in [4.69, 9.17) is 29.2 Å². The maximum Gasteiger partial charge on any atom is 0.511 e. The molecule has 1 saturated heterocycles. The SMILES string of the molecule is CCCCCOC(=O)OC(C)OC(=O)C1=C(/C=C\c2cccnc2)CS[C@@H]2[C@H](NC(=O)/C(=N/OC(c3ccccc3)(c3ccccc3)c3ccccc3)c3csc(NC(c4ccccc4)(c4ccccc4)c4ccccc4)n3)C(=O)N12. The molecule has 10 rings (SSSR count). The highest BCUT2D eigenvalue weighted by Crippen LogP contribution is 2.44. The van der Waals surface area contributed by atoms with Crippen LogP contribution in [0.3, 0.4) is 0 Å². The van der Waals surface area contributed by atoms with E-state index in [-0.39, 0.29) is 29.5 Å². The lowest BCUT2D eigenvalue weighted by atomic mass is 9.77. The number of ether oxygens (including phenoxy) is 3. The minimum atomic E-state index is -1.40. The van der Waals surface area contributed by atoms with Crippen molar-refractivity contribution in [1.29, 1.82) is 0 Å². The van der Waals surface area contributed by atoms with E-state index < -0.39 is 52.8 Å². The largest absolute Gasteiger partial charge is 0.511 e. The lowest BCUT2D eigenvalue weighted by Crippen LogP contribution is -2.71. The van der Waals surface area contributed by atoms with Gasteiger partial charge in [0.1, 0.15) is 28.3 Å². The van der Waals surface area contributed by atoms with Gasteiger partial charge in [-0.2, -0.15) is 0 Å². The van der Waals surface area contributed by atoms with Crippen LogP contribution in [0.2, 0.25) is 0 Å². The molecule has 0 bridgehead atoms. The fraction of sp³-hybridized carbons (Fsp3) is 0.185. The first kappa shape index (κ1) is 55.2. The Morgan fingerprint density at radius 3 is 1.78 bits per heavy atom. The van der Waals surface area contributed by atoms with Crippen LogP contribution < -0.4 is 10.6 Å². The topological polar surface area (TPSA) is 171 Å². The van der Waals surface area contributed by atoms with Gasteiger partial charge in [-0.05, 0) is 40.3 Å². The van der Waals surface area contributed by atoms with Crippen LogP contribution in [-0.4, -0.2) is 74.6 Å². The number of hydrogen-bond donors (Lipinski definition) is 2. The number of β-lactam (4-membered cyclic amide) rings is 1. The second kappa shape index (κ2) is 25.8. The molecular formula is C65H58N6O8S2. The summed E-state index contributed by atoms with van der Waals surface area (Å²) in [5, 5.41) is 13.1. The predicted octanol–water partition coefficient (Wildman–Crippen LogP) is 12.3. The third kappa shape index (κ3) is 12.1. The molecule has 0 radical (unpaired) electrons. The normalized spacial score (nSPS) is 15.7. The zero-order chi connectivity index (χ0) is 56.0. The van der Waals surface area contributed by atoms with Gasteiger partial charge >= 0.3 is 12.1 Å². The summed E-state index contributed by atoms with van der Waals surface area (Å²) in [4.78, 5) is 74.6. The van der Waals surface area contributed by atoms with E-state index in [1.807, 2.05) is 159 Å². The van der Waals surface area contributed by atoms with E-state index in [0.717, 1.165) is 51.8 Å². The lowest BCUT2D eigenvalue weighted by Gasteiger charge is -2.49. The van der Waals surface area contributed by atoms with E-state index in [1.54, 1.807) is 36.0 Å². The third-order valence-corrected chi connectivity index (χ3v) is 15.9. The molecule has 8 aromatic rings. The van der Waals surface area contributed by atoms with Crippen molar-refractivity contribution in [3.8, 4) is 0 Å². The number of esters is 1. The van der Waals surface area contributed by atoms with Crippen molar-refractivity contribution in [1.82, 2.24) is 20.2 Å². The molecule has 1 fully saturated rings. The van der Waals surface area contributed by atoms with E-state index >= 15 is 4.79 Å². The van der Waals surface area contributed by atoms with Gasteiger partial charge in [0.2, 0.25) is 11.9 Å². The van der Waals surface area contributed by atoms with Gasteiger partial charge in [0.05, 0.1) is 6.61 Å². The van der Waals surface area contributed by atoms with Crippen molar-refractivity contribution >= 4 is 64.0 Å². The van der Waals surface area contributed by atoms with E-state index in [2.05, 4.69) is 52.0 Å². The number of thiazole rings is 1. The lowest BCUT2D eigenvalue weighted by molar-refractivity contribution is -0.169. The number of benzene rings is 6. The van der Waals surface area contributed by atoms with Gasteiger partial charge in [-0.15, -0.1) is 23.1 Å². The Hall–Kier alpha value is -9.12. The number of unbranched alkanes of at least 4 members (excludes halogenated alkanes) is 2. The monoisotopic (exact) mass is 1110 g/mol. The number of pyridine rings is 1. The van der Waals surface area contributed by atoms with Gasteiger partial charge in [0, 0.05) is 47.1 Å². The number of nitrogens with one attached hydrogen (secondary N) is 2. The van der Waals surface area contributed by atoms with Gasteiger partial charge in [-0.1, -0.05) is 225 Å². The molecule has 3 atom stereocenters. The fourth-order valence-corrected chi connectivity index (χ4v) is 12.0. The molecule has 2 aliphatic rings. The molecule has 2 aromatic heterocycles. The second-order valence-electron chi connectivity index (χ2n) is 19.1. The van der Waals surface area contributed by atoms with Gasteiger partial charge in [-0.3, -0.25) is 19.5 Å². The summed E-state index contributed by atoms with van der Waals surface area (Å²) in [6, 6.07) is 61.7. The number of fused-ring (bicyclic) bond motifs is 1. The first-order chi connectivity index (χ1) is 39.7. The molecule has 4 heterocycles. The van der Waals surface area contributed by atoms with Crippen LogP contribution in [0.4, 0.5) is 9.93 Å². The molecule has 1 unspecified atom stereocenters. The molecule has 2 amide bonds. The number of oxime groups is 1. The second-order valence-corrected chi connectivity index (χ2v) is 21.0. The van der Waals surface area contributed by atoms with Crippen molar-refractivity contribution in [3.05, 3.63) is 274 Å². The highest BCUT2D eigenvalue weighted by atomic mass is 32.2. The standard InChI is InChI=1S/C65H58N6O8S2/c1-3-4-23-41-76-63(75)78-45(2)77-61(74)57-47(39-38-46-25-24-40-66-42-46)43-80-60-56(59(73)71(57)60)68-58(72)55(70-79-65(51-32-17-8-18-33-51,52-34-19-9-20-35-52)53-36-21-10-22-37-53)54-44-81-62(67-54)69-64(48-26-11-5-12-27-48,49-28-13-6-14-29-49)50-30-15-7-16-31-50/h5-22,24-40,42,44-45,56,60H,3-4,23,41,43H2,1-2H3,(H,67,69)(H,68,72)/b39-38-,70-55+/t45?,56-,60-/m1/s1. The Labute approximate surface area is 478 Å². The molecule has 0 spiro atoms. The summed E-state index contributed by atoms with van der Waals surface area (Å²) >= 11 is 2.63. The fourth-order valence-electron chi connectivity index (χ4n) is 9.93. The minimum absolute atomic E-state index is 0.0642. The summed E-state index contributed by atoms with van der Waals surface area (Å²) in [5.74, 6) is -2.02. The number of carbonyl (C=O) groups is 4. The average Bonchev–Trinajstić information content (AvgIpc) is 4.11. The molecule has 0 aliphatic carbocycles. The van der Waals surface area contributed by atoms with E-state index in [9.17, 15) is 14.4 Å². The van der Waals surface area contributed by atoms with E-state index in [1.165, 1.54) is 34.9 Å². The highest BCUT2D eigenvalue weighted by Gasteiger charge is 2.55. The Morgan fingerprint density at radius 2 is 1.26 bits per heavy atom. The molecule has 81 heavy (non-hydrogen) atoms. The van der Waals surface area contributed by atoms with Crippen molar-refractivity contribution in [3.63, 3.8) is 0 Å². The summed E-state index contributed by atoms with van der Waals surface area (Å²) in [7, 11) is 0. The van der Waals surface area contributed by atoms with Crippen molar-refractivity contribution in [2.45, 2.75) is 62.0 Å². The Kier molecular flexibility index (Phi) is 17.6. The summed E-state index contributed by atoms with van der Waals surface area (Å²) in [6.45, 7) is 3.58. The Morgan fingerprint density at radius 1 is 0.716 bits per heavy atom. The van der Waals surface area contributed by atoms with Crippen LogP contribution in [0.15, 0.2) is 234 Å². The zero-order valence-electron chi connectivity index (χ0n) is 44.5. The zero-order valence-corrected chi connectivity index (χ0v) is 46.1. The molecule has 14 nitrogen and oxygen atoms in total. The number of hydrogen-bond acceptors (Lipinski definition) is 14. The van der Waals surface area contributed by atoms with Gasteiger partial charge < -0.3 is 29.7 Å². The molecule has 0 saturated carbocycles. The molecule has 16 heteroatoms. The molecule has 2 N–H and O–H groups in total. The predicted molar refractivity (Wildman–Crippen MR) is 315 cm³/mol. The third-order valence-electron chi connectivity index (χ3n) is 13.8. The number of rotatable bonds is 22. The Balaban J connectivity index is 1.03.